The van der Waals surface area contributed by atoms with Crippen molar-refractivity contribution in [2.45, 2.75) is 38.1 Å². The van der Waals surface area contributed by atoms with E-state index in [0.717, 1.165) is 0 Å². The Morgan fingerprint density at radius 2 is 1.81 bits per heavy atom. The predicted molar refractivity (Wildman–Crippen MR) is 54.2 cm³/mol. The molecule has 0 N–H and O–H groups in total. The maximum atomic E-state index is 11.6. The second-order valence-corrected chi connectivity index (χ2v) is 4.47. The van der Waals surface area contributed by atoms with Crippen molar-refractivity contribution in [3.05, 3.63) is 0 Å². The molecule has 1 atom stereocenters. The summed E-state index contributed by atoms with van der Waals surface area (Å²) in [5.41, 5.74) is -0.610. The van der Waals surface area contributed by atoms with Gasteiger partial charge < -0.3 is 4.74 Å². The van der Waals surface area contributed by atoms with Crippen molar-refractivity contribution in [3.63, 3.8) is 0 Å². The Morgan fingerprint density at radius 3 is 2.25 bits per heavy atom. The monoisotopic (exact) mass is 225 g/mol. The quantitative estimate of drug-likeness (QED) is 0.506. The molecule has 0 radical (unpaired) electrons. The minimum Gasteiger partial charge on any atom is -0.469 e. The van der Waals surface area contributed by atoms with E-state index < -0.39 is 11.5 Å². The molecule has 88 valence electrons. The molecule has 2 aliphatic rings. The number of esters is 1. The molecule has 0 aromatic carbocycles. The zero-order valence-corrected chi connectivity index (χ0v) is 9.49. The first kappa shape index (κ1) is 11.1. The Hall–Kier alpha value is -1.39. The molecule has 2 aliphatic heterocycles. The van der Waals surface area contributed by atoms with Crippen LogP contribution in [-0.2, 0) is 19.1 Å². The van der Waals surface area contributed by atoms with Gasteiger partial charge in [0.1, 0.15) is 0 Å². The Morgan fingerprint density at radius 1 is 1.31 bits per heavy atom. The fraction of sp³-hybridized carbons (Fsp3) is 0.727. The van der Waals surface area contributed by atoms with Crippen molar-refractivity contribution in [2.75, 3.05) is 7.11 Å². The van der Waals surface area contributed by atoms with Crippen LogP contribution < -0.4 is 0 Å². The van der Waals surface area contributed by atoms with Crippen molar-refractivity contribution in [1.29, 1.82) is 0 Å². The normalized spacial score (nSPS) is 24.5. The van der Waals surface area contributed by atoms with Crippen molar-refractivity contribution in [1.82, 2.24) is 4.90 Å². The summed E-state index contributed by atoms with van der Waals surface area (Å²) in [6.45, 7) is 1.73. The Bertz CT molecular complexity index is 343. The zero-order chi connectivity index (χ0) is 11.9. The maximum Gasteiger partial charge on any atom is 0.310 e. The highest BCUT2D eigenvalue weighted by Crippen LogP contribution is 2.45. The van der Waals surface area contributed by atoms with E-state index >= 15 is 0 Å². The molecule has 0 aliphatic carbocycles. The molecule has 2 fully saturated rings. The third kappa shape index (κ3) is 1.27. The highest BCUT2D eigenvalue weighted by atomic mass is 16.5. The minimum atomic E-state index is -0.610. The summed E-state index contributed by atoms with van der Waals surface area (Å²) < 4.78 is 4.71. The smallest absolute Gasteiger partial charge is 0.310 e. The average Bonchev–Trinajstić information content (AvgIpc) is 2.78. The lowest BCUT2D eigenvalue weighted by Gasteiger charge is -2.34. The van der Waals surface area contributed by atoms with Gasteiger partial charge in [-0.2, -0.15) is 0 Å². The summed E-state index contributed by atoms with van der Waals surface area (Å²) >= 11 is 0. The van der Waals surface area contributed by atoms with Crippen LogP contribution in [0.4, 0.5) is 0 Å². The summed E-state index contributed by atoms with van der Waals surface area (Å²) in [4.78, 5) is 36.2. The molecule has 0 spiro atoms. The standard InChI is InChI=1S/C11H15NO4/c1-7(10(15)16-2)11-5-3-8(13)12(11)9(14)4-6-11/h7H,3-6H2,1-2H3. The number of ether oxygens (including phenoxy) is 1. The van der Waals surface area contributed by atoms with Crippen molar-refractivity contribution < 1.29 is 19.1 Å². The van der Waals surface area contributed by atoms with Gasteiger partial charge in [0.25, 0.3) is 0 Å². The Kier molecular flexibility index (Phi) is 2.48. The van der Waals surface area contributed by atoms with E-state index in [1.807, 2.05) is 0 Å². The van der Waals surface area contributed by atoms with Gasteiger partial charge in [0, 0.05) is 12.8 Å². The number of carbonyl (C=O) groups is 3. The summed E-state index contributed by atoms with van der Waals surface area (Å²) in [7, 11) is 1.33. The van der Waals surface area contributed by atoms with Crippen LogP contribution >= 0.6 is 0 Å². The van der Waals surface area contributed by atoms with Gasteiger partial charge in [0.05, 0.1) is 18.6 Å². The number of hydrogen-bond acceptors (Lipinski definition) is 4. The SMILES string of the molecule is COC(=O)C(C)C12CCC(=O)N1C(=O)CC2. The fourth-order valence-corrected chi connectivity index (χ4v) is 2.88. The molecule has 2 rings (SSSR count). The summed E-state index contributed by atoms with van der Waals surface area (Å²) in [5.74, 6) is -1.10. The van der Waals surface area contributed by atoms with Crippen LogP contribution in [0.1, 0.15) is 32.6 Å². The molecular formula is C11H15NO4. The number of imide groups is 1. The van der Waals surface area contributed by atoms with Crippen molar-refractivity contribution in [3.8, 4) is 0 Å². The highest BCUT2D eigenvalue weighted by Gasteiger charge is 2.57. The maximum absolute atomic E-state index is 11.6. The second kappa shape index (κ2) is 3.57. The third-order valence-corrected chi connectivity index (χ3v) is 3.85. The molecule has 2 saturated heterocycles. The summed E-state index contributed by atoms with van der Waals surface area (Å²) in [6.07, 6.45) is 1.86. The minimum absolute atomic E-state index is 0.154. The number of rotatable bonds is 2. The molecule has 16 heavy (non-hydrogen) atoms. The second-order valence-electron chi connectivity index (χ2n) is 4.47. The number of methoxy groups -OCH3 is 1. The predicted octanol–water partition coefficient (Wildman–Crippen LogP) is 0.477. The van der Waals surface area contributed by atoms with Crippen LogP contribution in [0.25, 0.3) is 0 Å². The van der Waals surface area contributed by atoms with Crippen LogP contribution in [0.5, 0.6) is 0 Å². The first-order chi connectivity index (χ1) is 7.53. The van der Waals surface area contributed by atoms with Gasteiger partial charge in [0.2, 0.25) is 11.8 Å². The van der Waals surface area contributed by atoms with Crippen LogP contribution in [0.3, 0.4) is 0 Å². The third-order valence-electron chi connectivity index (χ3n) is 3.85. The molecule has 5 heteroatoms. The van der Waals surface area contributed by atoms with E-state index in [1.54, 1.807) is 6.92 Å². The Labute approximate surface area is 93.7 Å². The van der Waals surface area contributed by atoms with E-state index in [0.29, 0.717) is 25.7 Å². The number of nitrogens with zero attached hydrogens (tertiary/aromatic N) is 1. The molecule has 0 aromatic heterocycles. The van der Waals surface area contributed by atoms with Gasteiger partial charge in [-0.25, -0.2) is 0 Å². The average molecular weight is 225 g/mol. The number of carbonyl (C=O) groups excluding carboxylic acids is 3. The van der Waals surface area contributed by atoms with E-state index in [2.05, 4.69) is 0 Å². The molecule has 5 nitrogen and oxygen atoms in total. The van der Waals surface area contributed by atoms with E-state index in [9.17, 15) is 14.4 Å². The molecular weight excluding hydrogens is 210 g/mol. The van der Waals surface area contributed by atoms with E-state index in [4.69, 9.17) is 4.74 Å². The van der Waals surface area contributed by atoms with Crippen molar-refractivity contribution in [2.24, 2.45) is 5.92 Å². The zero-order valence-electron chi connectivity index (χ0n) is 9.49. The first-order valence-corrected chi connectivity index (χ1v) is 5.46. The van der Waals surface area contributed by atoms with Crippen LogP contribution in [0.15, 0.2) is 0 Å². The molecule has 1 unspecified atom stereocenters. The van der Waals surface area contributed by atoms with Crippen LogP contribution in [-0.4, -0.2) is 35.3 Å². The largest absolute Gasteiger partial charge is 0.469 e. The number of amides is 2. The van der Waals surface area contributed by atoms with Crippen LogP contribution in [0.2, 0.25) is 0 Å². The van der Waals surface area contributed by atoms with Gasteiger partial charge in [-0.15, -0.1) is 0 Å². The van der Waals surface area contributed by atoms with Gasteiger partial charge in [0.15, 0.2) is 0 Å². The van der Waals surface area contributed by atoms with Gasteiger partial charge in [-0.05, 0) is 19.8 Å². The number of fused-ring (bicyclic) bond motifs is 1. The van der Waals surface area contributed by atoms with Gasteiger partial charge in [-0.1, -0.05) is 0 Å². The van der Waals surface area contributed by atoms with Gasteiger partial charge >= 0.3 is 5.97 Å². The molecule has 2 amide bonds. The van der Waals surface area contributed by atoms with E-state index in [-0.39, 0.29) is 17.8 Å². The van der Waals surface area contributed by atoms with E-state index in [1.165, 1.54) is 12.0 Å². The Balaban J connectivity index is 2.33. The lowest BCUT2D eigenvalue weighted by Crippen LogP contribution is -2.50. The molecule has 0 saturated carbocycles. The number of hydrogen-bond donors (Lipinski definition) is 0. The van der Waals surface area contributed by atoms with Gasteiger partial charge in [-0.3, -0.25) is 19.3 Å². The summed E-state index contributed by atoms with van der Waals surface area (Å²) in [6, 6.07) is 0. The van der Waals surface area contributed by atoms with Crippen molar-refractivity contribution >= 4 is 17.8 Å². The molecule has 2 heterocycles. The molecule has 0 aromatic rings. The lowest BCUT2D eigenvalue weighted by atomic mass is 9.81. The summed E-state index contributed by atoms with van der Waals surface area (Å²) in [5, 5.41) is 0. The molecule has 0 bridgehead atoms. The van der Waals surface area contributed by atoms with Crippen LogP contribution in [0, 0.1) is 5.92 Å². The highest BCUT2D eigenvalue weighted by molar-refractivity contribution is 6.00. The first-order valence-electron chi connectivity index (χ1n) is 5.46. The lowest BCUT2D eigenvalue weighted by molar-refractivity contribution is -0.152. The topological polar surface area (TPSA) is 63.7 Å². The fourth-order valence-electron chi connectivity index (χ4n) is 2.88.